The molecule has 2 aliphatic rings. The molecule has 1 amide bonds. The number of nitrogens with one attached hydrogen (secondary N) is 2. The van der Waals surface area contributed by atoms with Crippen molar-refractivity contribution in [2.24, 2.45) is 4.99 Å². The Labute approximate surface area is 170 Å². The van der Waals surface area contributed by atoms with Gasteiger partial charge in [0.15, 0.2) is 0 Å². The van der Waals surface area contributed by atoms with Crippen LogP contribution in [0.25, 0.3) is 0 Å². The lowest BCUT2D eigenvalue weighted by molar-refractivity contribution is -0.113. The van der Waals surface area contributed by atoms with Gasteiger partial charge in [-0.2, -0.15) is 0 Å². The zero-order valence-corrected chi connectivity index (χ0v) is 17.2. The number of carbonyl (C=O) groups is 1. The van der Waals surface area contributed by atoms with E-state index < -0.39 is 0 Å². The summed E-state index contributed by atoms with van der Waals surface area (Å²) in [6.07, 6.45) is 1.94. The highest BCUT2D eigenvalue weighted by atomic mass is 32.2. The molecule has 0 aromatic heterocycles. The molecule has 28 heavy (non-hydrogen) atoms. The average Bonchev–Trinajstić information content (AvgIpc) is 2.70. The number of benzene rings is 2. The van der Waals surface area contributed by atoms with E-state index in [2.05, 4.69) is 34.7 Å². The Bertz CT molecular complexity index is 886. The van der Waals surface area contributed by atoms with Crippen molar-refractivity contribution in [3.05, 3.63) is 59.7 Å². The van der Waals surface area contributed by atoms with Crippen molar-refractivity contribution in [1.29, 1.82) is 0 Å². The molecule has 0 saturated carbocycles. The first-order valence-corrected chi connectivity index (χ1v) is 10.7. The molecule has 5 nitrogen and oxygen atoms in total. The number of fused-ring (bicyclic) bond motifs is 1. The van der Waals surface area contributed by atoms with Crippen molar-refractivity contribution < 1.29 is 4.79 Å². The lowest BCUT2D eigenvalue weighted by atomic mass is 9.95. The maximum atomic E-state index is 12.5. The van der Waals surface area contributed by atoms with Crippen LogP contribution in [0.4, 0.5) is 11.4 Å². The highest BCUT2D eigenvalue weighted by Gasteiger charge is 2.37. The van der Waals surface area contributed by atoms with E-state index in [9.17, 15) is 4.79 Å². The molecule has 2 aliphatic heterocycles. The van der Waals surface area contributed by atoms with E-state index in [1.807, 2.05) is 43.3 Å². The fourth-order valence-corrected chi connectivity index (χ4v) is 4.53. The monoisotopic (exact) mass is 394 g/mol. The fraction of sp³-hybridized carbons (Fsp3) is 0.364. The molecule has 146 valence electrons. The predicted octanol–water partition coefficient (Wildman–Crippen LogP) is 3.96. The van der Waals surface area contributed by atoms with E-state index in [0.29, 0.717) is 5.75 Å². The summed E-state index contributed by atoms with van der Waals surface area (Å²) in [5.41, 5.74) is 3.95. The average molecular weight is 395 g/mol. The molecule has 4 rings (SSSR count). The van der Waals surface area contributed by atoms with Gasteiger partial charge >= 0.3 is 0 Å². The summed E-state index contributed by atoms with van der Waals surface area (Å²) < 4.78 is 0. The first-order valence-electron chi connectivity index (χ1n) is 9.68. The highest BCUT2D eigenvalue weighted by Crippen LogP contribution is 2.37. The Morgan fingerprint density at radius 2 is 1.89 bits per heavy atom. The minimum atomic E-state index is -0.253. The Hall–Kier alpha value is -2.31. The van der Waals surface area contributed by atoms with Crippen LogP contribution in [0.3, 0.4) is 0 Å². The molecule has 0 radical (unpaired) electrons. The second-order valence-corrected chi connectivity index (χ2v) is 8.59. The van der Waals surface area contributed by atoms with Gasteiger partial charge in [-0.3, -0.25) is 4.79 Å². The van der Waals surface area contributed by atoms with Crippen LogP contribution in [0.15, 0.2) is 53.5 Å². The minimum Gasteiger partial charge on any atom is -0.361 e. The van der Waals surface area contributed by atoms with Crippen LogP contribution in [0.2, 0.25) is 0 Å². The predicted molar refractivity (Wildman–Crippen MR) is 118 cm³/mol. The molecule has 2 N–H and O–H groups in total. The molecule has 1 saturated heterocycles. The van der Waals surface area contributed by atoms with Crippen molar-refractivity contribution in [2.75, 3.05) is 36.5 Å². The topological polar surface area (TPSA) is 56.7 Å². The number of hydrogen-bond donors (Lipinski definition) is 2. The SMILES string of the molecule is Cc1ccc(NC(=O)CSC2=NC3(CCN(C)CC3)Nc3ccccc32)cc1. The third-order valence-electron chi connectivity index (χ3n) is 5.33. The third kappa shape index (κ3) is 4.23. The van der Waals surface area contributed by atoms with Gasteiger partial charge in [0.25, 0.3) is 0 Å². The maximum absolute atomic E-state index is 12.5. The summed E-state index contributed by atoms with van der Waals surface area (Å²) >= 11 is 1.52. The molecule has 0 aliphatic carbocycles. The molecular formula is C22H26N4OS. The van der Waals surface area contributed by atoms with E-state index in [1.54, 1.807) is 0 Å². The summed E-state index contributed by atoms with van der Waals surface area (Å²) in [7, 11) is 2.15. The van der Waals surface area contributed by atoms with Crippen molar-refractivity contribution >= 4 is 34.1 Å². The highest BCUT2D eigenvalue weighted by molar-refractivity contribution is 8.15. The van der Waals surface area contributed by atoms with Gasteiger partial charge in [-0.05, 0) is 32.2 Å². The van der Waals surface area contributed by atoms with E-state index in [-0.39, 0.29) is 11.6 Å². The number of carbonyl (C=O) groups excluding carboxylic acids is 1. The van der Waals surface area contributed by atoms with Gasteiger partial charge in [0.2, 0.25) is 5.91 Å². The lowest BCUT2D eigenvalue weighted by Crippen LogP contribution is -2.49. The van der Waals surface area contributed by atoms with E-state index >= 15 is 0 Å². The molecule has 0 bridgehead atoms. The molecule has 1 spiro atoms. The summed E-state index contributed by atoms with van der Waals surface area (Å²) in [4.78, 5) is 19.9. The van der Waals surface area contributed by atoms with E-state index in [0.717, 1.165) is 47.9 Å². The van der Waals surface area contributed by atoms with E-state index in [1.165, 1.54) is 17.3 Å². The van der Waals surface area contributed by atoms with E-state index in [4.69, 9.17) is 4.99 Å². The fourth-order valence-electron chi connectivity index (χ4n) is 3.61. The van der Waals surface area contributed by atoms with Crippen LogP contribution in [0.5, 0.6) is 0 Å². The van der Waals surface area contributed by atoms with Gasteiger partial charge < -0.3 is 15.5 Å². The number of hydrogen-bond acceptors (Lipinski definition) is 5. The Morgan fingerprint density at radius 3 is 2.64 bits per heavy atom. The largest absolute Gasteiger partial charge is 0.361 e. The number of thioether (sulfide) groups is 1. The number of aliphatic imine (C=N–C) groups is 1. The smallest absolute Gasteiger partial charge is 0.234 e. The van der Waals surface area contributed by atoms with Crippen LogP contribution in [0.1, 0.15) is 24.0 Å². The molecule has 0 unspecified atom stereocenters. The zero-order chi connectivity index (χ0) is 19.6. The lowest BCUT2D eigenvalue weighted by Gasteiger charge is -2.42. The molecular weight excluding hydrogens is 368 g/mol. The first-order chi connectivity index (χ1) is 13.5. The van der Waals surface area contributed by atoms with Gasteiger partial charge in [-0.15, -0.1) is 0 Å². The summed E-state index contributed by atoms with van der Waals surface area (Å²) in [6.45, 7) is 4.07. The zero-order valence-electron chi connectivity index (χ0n) is 16.4. The van der Waals surface area contributed by atoms with Crippen molar-refractivity contribution in [1.82, 2.24) is 4.90 Å². The quantitative estimate of drug-likeness (QED) is 0.827. The number of rotatable bonds is 3. The van der Waals surface area contributed by atoms with Crippen LogP contribution in [-0.4, -0.2) is 47.4 Å². The second-order valence-electron chi connectivity index (χ2n) is 7.63. The molecule has 6 heteroatoms. The van der Waals surface area contributed by atoms with Gasteiger partial charge in [0, 0.05) is 42.9 Å². The number of piperidine rings is 1. The van der Waals surface area contributed by atoms with Crippen LogP contribution < -0.4 is 10.6 Å². The number of anilines is 2. The first kappa shape index (κ1) is 19.0. The molecule has 0 atom stereocenters. The molecule has 2 aromatic rings. The van der Waals surface area contributed by atoms with Crippen molar-refractivity contribution in [3.8, 4) is 0 Å². The van der Waals surface area contributed by atoms with Crippen LogP contribution in [0, 0.1) is 6.92 Å². The van der Waals surface area contributed by atoms with Crippen molar-refractivity contribution in [2.45, 2.75) is 25.4 Å². The number of amides is 1. The molecule has 2 aromatic carbocycles. The summed E-state index contributed by atoms with van der Waals surface area (Å²) in [6, 6.07) is 16.1. The van der Waals surface area contributed by atoms with Gasteiger partial charge in [0.05, 0.1) is 5.75 Å². The van der Waals surface area contributed by atoms with Crippen LogP contribution >= 0.6 is 11.8 Å². The number of nitrogens with zero attached hydrogens (tertiary/aromatic N) is 2. The van der Waals surface area contributed by atoms with Crippen molar-refractivity contribution in [3.63, 3.8) is 0 Å². The number of aryl methyl sites for hydroxylation is 1. The number of likely N-dealkylation sites (tertiary alicyclic amines) is 1. The molecule has 2 heterocycles. The van der Waals surface area contributed by atoms with Gasteiger partial charge in [0.1, 0.15) is 10.7 Å². The second kappa shape index (κ2) is 7.97. The van der Waals surface area contributed by atoms with Gasteiger partial charge in [-0.25, -0.2) is 4.99 Å². The Balaban J connectivity index is 1.48. The van der Waals surface area contributed by atoms with Gasteiger partial charge in [-0.1, -0.05) is 47.7 Å². The summed E-state index contributed by atoms with van der Waals surface area (Å²) in [5, 5.41) is 7.60. The standard InChI is InChI=1S/C22H26N4OS/c1-16-7-9-17(10-8-16)23-20(27)15-28-21-18-5-3-4-6-19(18)24-22(25-21)11-13-26(2)14-12-22/h3-10,24H,11-15H2,1-2H3,(H,23,27). The Morgan fingerprint density at radius 1 is 1.18 bits per heavy atom. The number of para-hydroxylation sites is 1. The Kier molecular flexibility index (Phi) is 5.42. The molecule has 1 fully saturated rings. The van der Waals surface area contributed by atoms with Crippen LogP contribution in [-0.2, 0) is 4.79 Å². The normalized spacial score (nSPS) is 18.1. The third-order valence-corrected chi connectivity index (χ3v) is 6.32. The maximum Gasteiger partial charge on any atom is 0.234 e. The summed E-state index contributed by atoms with van der Waals surface area (Å²) in [5.74, 6) is 0.335. The minimum absolute atomic E-state index is 0.00926.